The molecule has 260 valence electrons. The van der Waals surface area contributed by atoms with E-state index in [-0.39, 0.29) is 17.9 Å². The number of hydrogen-bond acceptors (Lipinski definition) is 4. The summed E-state index contributed by atoms with van der Waals surface area (Å²) in [5.41, 5.74) is 0.124. The number of alkyl halides is 3. The number of carbonyl (C=O) groups is 2. The highest BCUT2D eigenvalue weighted by Gasteiger charge is 2.37. The van der Waals surface area contributed by atoms with Crippen molar-refractivity contribution in [3.63, 3.8) is 0 Å². The van der Waals surface area contributed by atoms with Gasteiger partial charge in [0.1, 0.15) is 18.4 Å². The lowest BCUT2D eigenvalue weighted by Crippen LogP contribution is -2.53. The van der Waals surface area contributed by atoms with Crippen LogP contribution in [0.5, 0.6) is 0 Å². The highest BCUT2D eigenvalue weighted by atomic mass is 35.5. The van der Waals surface area contributed by atoms with Crippen molar-refractivity contribution in [2.75, 3.05) is 17.4 Å². The molecule has 0 fully saturated rings. The first-order valence-electron chi connectivity index (χ1n) is 15.5. The Kier molecular flexibility index (Phi) is 12.5. The van der Waals surface area contributed by atoms with Gasteiger partial charge in [0.25, 0.3) is 10.0 Å². The Hall–Kier alpha value is -4.42. The Morgan fingerprint density at radius 3 is 2.16 bits per heavy atom. The minimum Gasteiger partial charge on any atom is -0.354 e. The Balaban J connectivity index is 1.85. The summed E-state index contributed by atoms with van der Waals surface area (Å²) in [7, 11) is -4.65. The molecule has 0 aliphatic heterocycles. The van der Waals surface area contributed by atoms with Gasteiger partial charge in [0, 0.05) is 19.5 Å². The zero-order chi connectivity index (χ0) is 35.8. The molecule has 0 spiro atoms. The second kappa shape index (κ2) is 16.3. The van der Waals surface area contributed by atoms with Crippen LogP contribution in [0.3, 0.4) is 0 Å². The average Bonchev–Trinajstić information content (AvgIpc) is 3.06. The van der Waals surface area contributed by atoms with Gasteiger partial charge in [-0.1, -0.05) is 85.1 Å². The van der Waals surface area contributed by atoms with Crippen LogP contribution in [0.4, 0.5) is 23.2 Å². The fourth-order valence-electron chi connectivity index (χ4n) is 5.10. The second-order valence-corrected chi connectivity index (χ2v) is 13.8. The van der Waals surface area contributed by atoms with E-state index in [1.807, 2.05) is 6.92 Å². The highest BCUT2D eigenvalue weighted by Crippen LogP contribution is 2.38. The Labute approximate surface area is 288 Å². The van der Waals surface area contributed by atoms with Crippen molar-refractivity contribution in [1.82, 2.24) is 10.2 Å². The monoisotopic (exact) mass is 717 g/mol. The predicted octanol–water partition coefficient (Wildman–Crippen LogP) is 7.56. The van der Waals surface area contributed by atoms with Crippen molar-refractivity contribution in [2.24, 2.45) is 0 Å². The molecule has 2 amide bonds. The minimum atomic E-state index is -4.93. The quantitative estimate of drug-likeness (QED) is 0.108. The lowest BCUT2D eigenvalue weighted by atomic mass is 10.0. The van der Waals surface area contributed by atoms with Crippen LogP contribution in [-0.4, -0.2) is 44.3 Å². The van der Waals surface area contributed by atoms with Crippen LogP contribution in [0.1, 0.15) is 42.0 Å². The van der Waals surface area contributed by atoms with E-state index in [1.54, 1.807) is 37.3 Å². The van der Waals surface area contributed by atoms with E-state index in [1.165, 1.54) is 53.4 Å². The van der Waals surface area contributed by atoms with Crippen LogP contribution < -0.4 is 9.62 Å². The molecule has 0 saturated heterocycles. The third-order valence-electron chi connectivity index (χ3n) is 7.80. The molecule has 7 nitrogen and oxygen atoms in total. The summed E-state index contributed by atoms with van der Waals surface area (Å²) in [5, 5.41) is 2.19. The van der Waals surface area contributed by atoms with E-state index in [0.717, 1.165) is 24.1 Å². The maximum absolute atomic E-state index is 14.5. The number of nitrogens with one attached hydrogen (secondary N) is 1. The molecule has 0 radical (unpaired) electrons. The maximum Gasteiger partial charge on any atom is 0.417 e. The van der Waals surface area contributed by atoms with Gasteiger partial charge in [0.05, 0.1) is 21.2 Å². The van der Waals surface area contributed by atoms with Gasteiger partial charge in [-0.3, -0.25) is 13.9 Å². The zero-order valence-electron chi connectivity index (χ0n) is 26.9. The number of carbonyl (C=O) groups excluding carboxylic acids is 2. The molecule has 1 N–H and O–H groups in total. The number of sulfonamides is 1. The molecule has 0 aliphatic carbocycles. The number of aryl methyl sites for hydroxylation is 1. The van der Waals surface area contributed by atoms with Gasteiger partial charge in [0.2, 0.25) is 11.8 Å². The Morgan fingerprint density at radius 2 is 1.55 bits per heavy atom. The zero-order valence-corrected chi connectivity index (χ0v) is 28.5. The largest absolute Gasteiger partial charge is 0.417 e. The van der Waals surface area contributed by atoms with Crippen LogP contribution in [0.15, 0.2) is 102 Å². The van der Waals surface area contributed by atoms with Crippen LogP contribution in [-0.2, 0) is 38.8 Å². The summed E-state index contributed by atoms with van der Waals surface area (Å²) in [6, 6.07) is 21.1. The van der Waals surface area contributed by atoms with Gasteiger partial charge < -0.3 is 10.2 Å². The number of halogens is 5. The summed E-state index contributed by atoms with van der Waals surface area (Å²) in [4.78, 5) is 29.2. The highest BCUT2D eigenvalue weighted by molar-refractivity contribution is 7.92. The minimum absolute atomic E-state index is 0.0373. The molecule has 1 atom stereocenters. The predicted molar refractivity (Wildman–Crippen MR) is 181 cm³/mol. The molecule has 0 aliphatic rings. The molecule has 49 heavy (non-hydrogen) atoms. The van der Waals surface area contributed by atoms with E-state index in [2.05, 4.69) is 5.32 Å². The van der Waals surface area contributed by atoms with Crippen molar-refractivity contribution in [3.05, 3.63) is 130 Å². The number of nitrogens with zero attached hydrogens (tertiary/aromatic N) is 2. The third-order valence-corrected chi connectivity index (χ3v) is 9.92. The van der Waals surface area contributed by atoms with E-state index in [4.69, 9.17) is 11.6 Å². The first kappa shape index (κ1) is 37.4. The normalized spacial score (nSPS) is 12.3. The number of anilines is 1. The molecule has 4 rings (SSSR count). The molecule has 0 saturated carbocycles. The fraction of sp³-hybridized carbons (Fsp3) is 0.278. The van der Waals surface area contributed by atoms with Crippen LogP contribution in [0.2, 0.25) is 5.02 Å². The molecule has 4 aromatic carbocycles. The molecular formula is C36H36ClF4N3O4S. The molecule has 0 aromatic heterocycles. The summed E-state index contributed by atoms with van der Waals surface area (Å²) in [6.07, 6.45) is -3.44. The van der Waals surface area contributed by atoms with E-state index in [0.29, 0.717) is 34.5 Å². The van der Waals surface area contributed by atoms with E-state index >= 15 is 0 Å². The molecule has 0 unspecified atom stereocenters. The van der Waals surface area contributed by atoms with Crippen LogP contribution >= 0.6 is 11.6 Å². The smallest absolute Gasteiger partial charge is 0.354 e. The summed E-state index contributed by atoms with van der Waals surface area (Å²) >= 11 is 5.86. The third kappa shape index (κ3) is 9.82. The number of amides is 2. The Morgan fingerprint density at radius 1 is 0.898 bits per heavy atom. The SMILES string of the molecule is CCCCNC(=O)[C@H](Cc1ccccc1)N(Cc1ccc(F)cc1)C(=O)CN(c1ccc(Cl)c(C(F)(F)F)c1)S(=O)(=O)c1ccc(C)cc1. The van der Waals surface area contributed by atoms with Crippen LogP contribution in [0.25, 0.3) is 0 Å². The van der Waals surface area contributed by atoms with E-state index in [9.17, 15) is 35.6 Å². The summed E-state index contributed by atoms with van der Waals surface area (Å²) in [6.45, 7) is 2.80. The summed E-state index contributed by atoms with van der Waals surface area (Å²) < 4.78 is 84.5. The first-order valence-corrected chi connectivity index (χ1v) is 17.3. The second-order valence-electron chi connectivity index (χ2n) is 11.5. The van der Waals surface area contributed by atoms with Crippen molar-refractivity contribution >= 4 is 39.1 Å². The van der Waals surface area contributed by atoms with Gasteiger partial charge in [-0.2, -0.15) is 13.2 Å². The topological polar surface area (TPSA) is 86.8 Å². The van der Waals surface area contributed by atoms with Crippen molar-refractivity contribution in [1.29, 1.82) is 0 Å². The van der Waals surface area contributed by atoms with Crippen molar-refractivity contribution < 1.29 is 35.6 Å². The molecule has 0 heterocycles. The number of hydrogen-bond donors (Lipinski definition) is 1. The van der Waals surface area contributed by atoms with Crippen molar-refractivity contribution in [2.45, 2.75) is 56.8 Å². The number of unbranched alkanes of at least 4 members (excludes halogenated alkanes) is 1. The van der Waals surface area contributed by atoms with Crippen LogP contribution in [0, 0.1) is 12.7 Å². The standard InChI is InChI=1S/C36H36ClF4N3O4S/c1-3-4-20-42-35(46)33(21-26-8-6-5-7-9-26)43(23-27-12-14-28(38)15-13-27)34(45)24-44(49(47,48)30-17-10-25(2)11-18-30)29-16-19-32(37)31(22-29)36(39,40)41/h5-19,22,33H,3-4,20-21,23-24H2,1-2H3,(H,42,46)/t33-/m0/s1. The van der Waals surface area contributed by atoms with E-state index < -0.39 is 62.7 Å². The molecular weight excluding hydrogens is 682 g/mol. The lowest BCUT2D eigenvalue weighted by Gasteiger charge is -2.34. The molecule has 13 heteroatoms. The van der Waals surface area contributed by atoms with Gasteiger partial charge in [-0.05, 0) is 66.9 Å². The van der Waals surface area contributed by atoms with Gasteiger partial charge in [0.15, 0.2) is 0 Å². The first-order chi connectivity index (χ1) is 23.2. The maximum atomic E-state index is 14.5. The molecule has 4 aromatic rings. The lowest BCUT2D eigenvalue weighted by molar-refractivity contribution is -0.140. The summed E-state index contributed by atoms with van der Waals surface area (Å²) in [5.74, 6) is -1.92. The average molecular weight is 718 g/mol. The van der Waals surface area contributed by atoms with Crippen molar-refractivity contribution in [3.8, 4) is 0 Å². The van der Waals surface area contributed by atoms with Gasteiger partial charge in [-0.15, -0.1) is 0 Å². The number of rotatable bonds is 14. The van der Waals surface area contributed by atoms with Gasteiger partial charge >= 0.3 is 6.18 Å². The Bertz CT molecular complexity index is 1840. The number of benzene rings is 4. The fourth-order valence-corrected chi connectivity index (χ4v) is 6.73. The molecule has 0 bridgehead atoms. The van der Waals surface area contributed by atoms with Gasteiger partial charge in [-0.25, -0.2) is 12.8 Å².